The molecule has 0 aliphatic carbocycles. The maximum Gasteiger partial charge on any atom is 0.232 e. The van der Waals surface area contributed by atoms with E-state index in [1.54, 1.807) is 0 Å². The number of benzene rings is 1. The van der Waals surface area contributed by atoms with E-state index in [2.05, 4.69) is 27.0 Å². The van der Waals surface area contributed by atoms with Crippen molar-refractivity contribution in [1.82, 2.24) is 4.98 Å². The van der Waals surface area contributed by atoms with Gasteiger partial charge in [0.2, 0.25) is 5.88 Å². The SMILES string of the molecule is Cc1cc(C)c(C#N)c(OCc2cccc(Br)c2)n1. The van der Waals surface area contributed by atoms with Crippen molar-refractivity contribution in [2.45, 2.75) is 20.5 Å². The van der Waals surface area contributed by atoms with Crippen molar-refractivity contribution in [3.8, 4) is 11.9 Å². The molecule has 0 fully saturated rings. The minimum Gasteiger partial charge on any atom is -0.472 e. The summed E-state index contributed by atoms with van der Waals surface area (Å²) in [6, 6.07) is 11.9. The Morgan fingerprint density at radius 3 is 2.79 bits per heavy atom. The first kappa shape index (κ1) is 13.6. The normalized spacial score (nSPS) is 10.0. The number of aryl methyl sites for hydroxylation is 2. The number of halogens is 1. The molecular weight excluding hydrogens is 304 g/mol. The highest BCUT2D eigenvalue weighted by atomic mass is 79.9. The smallest absolute Gasteiger partial charge is 0.232 e. The molecule has 0 N–H and O–H groups in total. The highest BCUT2D eigenvalue weighted by Gasteiger charge is 2.10. The van der Waals surface area contributed by atoms with Crippen molar-refractivity contribution in [2.24, 2.45) is 0 Å². The molecule has 96 valence electrons. The van der Waals surface area contributed by atoms with Gasteiger partial charge in [0, 0.05) is 10.2 Å². The van der Waals surface area contributed by atoms with Crippen LogP contribution in [0.1, 0.15) is 22.4 Å². The molecule has 19 heavy (non-hydrogen) atoms. The maximum absolute atomic E-state index is 9.15. The molecule has 0 radical (unpaired) electrons. The van der Waals surface area contributed by atoms with E-state index in [0.717, 1.165) is 21.3 Å². The first-order valence-corrected chi connectivity index (χ1v) is 6.65. The van der Waals surface area contributed by atoms with Gasteiger partial charge < -0.3 is 4.74 Å². The molecule has 1 aromatic carbocycles. The van der Waals surface area contributed by atoms with E-state index in [9.17, 15) is 0 Å². The molecule has 0 bridgehead atoms. The summed E-state index contributed by atoms with van der Waals surface area (Å²) in [7, 11) is 0. The predicted octanol–water partition coefficient (Wildman–Crippen LogP) is 3.91. The van der Waals surface area contributed by atoms with Gasteiger partial charge in [0.15, 0.2) is 0 Å². The summed E-state index contributed by atoms with van der Waals surface area (Å²) in [4.78, 5) is 4.29. The Morgan fingerprint density at radius 2 is 2.11 bits per heavy atom. The van der Waals surface area contributed by atoms with Gasteiger partial charge in [0.25, 0.3) is 0 Å². The lowest BCUT2D eigenvalue weighted by atomic mass is 10.1. The van der Waals surface area contributed by atoms with E-state index in [4.69, 9.17) is 10.00 Å². The van der Waals surface area contributed by atoms with Crippen LogP contribution in [-0.2, 0) is 6.61 Å². The van der Waals surface area contributed by atoms with Crippen molar-refractivity contribution in [3.63, 3.8) is 0 Å². The zero-order valence-corrected chi connectivity index (χ0v) is 12.4. The molecule has 0 saturated heterocycles. The Balaban J connectivity index is 2.22. The van der Waals surface area contributed by atoms with E-state index < -0.39 is 0 Å². The number of hydrogen-bond acceptors (Lipinski definition) is 3. The van der Waals surface area contributed by atoms with Crippen LogP contribution in [0.25, 0.3) is 0 Å². The molecule has 0 amide bonds. The Morgan fingerprint density at radius 1 is 1.32 bits per heavy atom. The molecule has 0 aliphatic heterocycles. The Labute approximate surface area is 121 Å². The van der Waals surface area contributed by atoms with Crippen molar-refractivity contribution in [1.29, 1.82) is 5.26 Å². The molecular formula is C15H13BrN2O. The molecule has 0 spiro atoms. The second-order valence-electron chi connectivity index (χ2n) is 4.29. The van der Waals surface area contributed by atoms with Gasteiger partial charge in [-0.05, 0) is 43.2 Å². The van der Waals surface area contributed by atoms with E-state index in [0.29, 0.717) is 18.1 Å². The Hall–Kier alpha value is -1.86. The predicted molar refractivity (Wildman–Crippen MR) is 76.9 cm³/mol. The fraction of sp³-hybridized carbons (Fsp3) is 0.200. The van der Waals surface area contributed by atoms with Gasteiger partial charge in [-0.3, -0.25) is 0 Å². The first-order valence-electron chi connectivity index (χ1n) is 5.85. The van der Waals surface area contributed by atoms with Crippen LogP contribution in [0.15, 0.2) is 34.8 Å². The van der Waals surface area contributed by atoms with E-state index in [-0.39, 0.29) is 0 Å². The molecule has 2 aromatic rings. The quantitative estimate of drug-likeness (QED) is 0.862. The van der Waals surface area contributed by atoms with Crippen molar-refractivity contribution >= 4 is 15.9 Å². The van der Waals surface area contributed by atoms with Crippen LogP contribution < -0.4 is 4.74 Å². The van der Waals surface area contributed by atoms with Gasteiger partial charge in [0.05, 0.1) is 0 Å². The monoisotopic (exact) mass is 316 g/mol. The lowest BCUT2D eigenvalue weighted by Crippen LogP contribution is -2.02. The fourth-order valence-corrected chi connectivity index (χ4v) is 2.27. The standard InChI is InChI=1S/C15H13BrN2O/c1-10-6-11(2)18-15(14(10)8-17)19-9-12-4-3-5-13(16)7-12/h3-7H,9H2,1-2H3. The molecule has 0 saturated carbocycles. The summed E-state index contributed by atoms with van der Waals surface area (Å²) in [6.07, 6.45) is 0. The van der Waals surface area contributed by atoms with Gasteiger partial charge in [0.1, 0.15) is 18.2 Å². The van der Waals surface area contributed by atoms with E-state index in [1.807, 2.05) is 44.2 Å². The molecule has 0 aliphatic rings. The van der Waals surface area contributed by atoms with Crippen LogP contribution in [0, 0.1) is 25.2 Å². The largest absolute Gasteiger partial charge is 0.472 e. The van der Waals surface area contributed by atoms with Crippen LogP contribution in [-0.4, -0.2) is 4.98 Å². The number of hydrogen-bond donors (Lipinski definition) is 0. The number of nitriles is 1. The molecule has 4 heteroatoms. The summed E-state index contributed by atoms with van der Waals surface area (Å²) in [6.45, 7) is 4.17. The van der Waals surface area contributed by atoms with Gasteiger partial charge in [-0.25, -0.2) is 4.98 Å². The third kappa shape index (κ3) is 3.33. The minimum absolute atomic E-state index is 0.393. The minimum atomic E-state index is 0.393. The average Bonchev–Trinajstić information content (AvgIpc) is 2.36. The van der Waals surface area contributed by atoms with Crippen LogP contribution >= 0.6 is 15.9 Å². The number of rotatable bonds is 3. The highest BCUT2D eigenvalue weighted by molar-refractivity contribution is 9.10. The number of pyridine rings is 1. The van der Waals surface area contributed by atoms with Crippen LogP contribution in [0.4, 0.5) is 0 Å². The van der Waals surface area contributed by atoms with Gasteiger partial charge in [-0.15, -0.1) is 0 Å². The summed E-state index contributed by atoms with van der Waals surface area (Å²) >= 11 is 3.42. The van der Waals surface area contributed by atoms with Gasteiger partial charge in [-0.2, -0.15) is 5.26 Å². The van der Waals surface area contributed by atoms with Crippen LogP contribution in [0.2, 0.25) is 0 Å². The molecule has 0 atom stereocenters. The Kier molecular flexibility index (Phi) is 4.18. The third-order valence-corrected chi connectivity index (χ3v) is 3.18. The first-order chi connectivity index (χ1) is 9.10. The lowest BCUT2D eigenvalue weighted by molar-refractivity contribution is 0.292. The molecule has 0 unspecified atom stereocenters. The molecule has 3 nitrogen and oxygen atoms in total. The van der Waals surface area contributed by atoms with Crippen molar-refractivity contribution < 1.29 is 4.74 Å². The van der Waals surface area contributed by atoms with E-state index >= 15 is 0 Å². The Bertz CT molecular complexity index is 647. The van der Waals surface area contributed by atoms with Gasteiger partial charge in [-0.1, -0.05) is 28.1 Å². The highest BCUT2D eigenvalue weighted by Crippen LogP contribution is 2.21. The van der Waals surface area contributed by atoms with Crippen molar-refractivity contribution in [3.05, 3.63) is 57.2 Å². The second-order valence-corrected chi connectivity index (χ2v) is 5.21. The summed E-state index contributed by atoms with van der Waals surface area (Å²) < 4.78 is 6.68. The molecule has 2 rings (SSSR count). The number of aromatic nitrogens is 1. The van der Waals surface area contributed by atoms with Crippen molar-refractivity contribution in [2.75, 3.05) is 0 Å². The maximum atomic E-state index is 9.15. The van der Waals surface area contributed by atoms with E-state index in [1.165, 1.54) is 0 Å². The number of nitrogens with zero attached hydrogens (tertiary/aromatic N) is 2. The third-order valence-electron chi connectivity index (χ3n) is 2.69. The molecule has 1 heterocycles. The summed E-state index contributed by atoms with van der Waals surface area (Å²) in [5.74, 6) is 0.403. The van der Waals surface area contributed by atoms with Gasteiger partial charge >= 0.3 is 0 Å². The number of ether oxygens (including phenoxy) is 1. The van der Waals surface area contributed by atoms with Crippen LogP contribution in [0.3, 0.4) is 0 Å². The molecule has 1 aromatic heterocycles. The summed E-state index contributed by atoms with van der Waals surface area (Å²) in [5.41, 5.74) is 3.26. The zero-order valence-electron chi connectivity index (χ0n) is 10.8. The van der Waals surface area contributed by atoms with Crippen LogP contribution in [0.5, 0.6) is 5.88 Å². The topological polar surface area (TPSA) is 45.9 Å². The fourth-order valence-electron chi connectivity index (χ4n) is 1.82. The zero-order chi connectivity index (χ0) is 13.8. The lowest BCUT2D eigenvalue weighted by Gasteiger charge is -2.09. The average molecular weight is 317 g/mol. The second kappa shape index (κ2) is 5.85. The summed E-state index contributed by atoms with van der Waals surface area (Å²) in [5, 5.41) is 9.15.